The van der Waals surface area contributed by atoms with Crippen molar-refractivity contribution in [2.24, 2.45) is 0 Å². The Morgan fingerprint density at radius 1 is 1.12 bits per heavy atom. The summed E-state index contributed by atoms with van der Waals surface area (Å²) < 4.78 is 17.2. The maximum atomic E-state index is 6.30. The van der Waals surface area contributed by atoms with Gasteiger partial charge in [0.2, 0.25) is 0 Å². The normalized spacial score (nSPS) is 20.4. The molecule has 2 atom stereocenters. The second-order valence-corrected chi connectivity index (χ2v) is 9.59. The molecule has 33 heavy (non-hydrogen) atoms. The quantitative estimate of drug-likeness (QED) is 0.471. The summed E-state index contributed by atoms with van der Waals surface area (Å²) in [5.74, 6) is 1.26. The van der Waals surface area contributed by atoms with Crippen LogP contribution in [0.3, 0.4) is 0 Å². The fourth-order valence-corrected chi connectivity index (χ4v) is 5.36. The van der Waals surface area contributed by atoms with E-state index in [-0.39, 0.29) is 6.10 Å². The van der Waals surface area contributed by atoms with Crippen LogP contribution in [-0.4, -0.2) is 62.6 Å². The Bertz CT molecular complexity index is 1060. The molecule has 0 bridgehead atoms. The molecule has 0 radical (unpaired) electrons. The van der Waals surface area contributed by atoms with E-state index in [1.165, 1.54) is 40.6 Å². The lowest BCUT2D eigenvalue weighted by atomic mass is 9.91. The third kappa shape index (κ3) is 5.22. The Morgan fingerprint density at radius 3 is 2.73 bits per heavy atom. The average Bonchev–Trinajstić information content (AvgIpc) is 3.06. The van der Waals surface area contributed by atoms with Gasteiger partial charge in [0.05, 0.1) is 13.2 Å². The number of nitrogens with one attached hydrogen (secondary N) is 1. The summed E-state index contributed by atoms with van der Waals surface area (Å²) in [5.41, 5.74) is 5.30. The molecule has 1 aromatic heterocycles. The van der Waals surface area contributed by atoms with Crippen molar-refractivity contribution in [2.75, 3.05) is 46.6 Å². The Kier molecular flexibility index (Phi) is 7.21. The number of aromatic amines is 1. The van der Waals surface area contributed by atoms with E-state index < -0.39 is 0 Å². The van der Waals surface area contributed by atoms with E-state index in [4.69, 9.17) is 25.8 Å². The molecule has 2 aromatic carbocycles. The number of morpholine rings is 1. The molecule has 1 fully saturated rings. The molecular weight excluding hydrogens is 436 g/mol. The maximum absolute atomic E-state index is 6.30. The second kappa shape index (κ2) is 10.5. The van der Waals surface area contributed by atoms with Gasteiger partial charge >= 0.3 is 0 Å². The first-order valence-electron chi connectivity index (χ1n) is 12.1. The first-order valence-corrected chi connectivity index (χ1v) is 12.4. The smallest absolute Gasteiger partial charge is 0.119 e. The Balaban J connectivity index is 1.28. The van der Waals surface area contributed by atoms with Gasteiger partial charge in [0.15, 0.2) is 0 Å². The third-order valence-electron chi connectivity index (χ3n) is 7.04. The Morgan fingerprint density at radius 2 is 1.94 bits per heavy atom. The van der Waals surface area contributed by atoms with Gasteiger partial charge in [-0.3, -0.25) is 4.90 Å². The zero-order valence-electron chi connectivity index (χ0n) is 19.3. The zero-order chi connectivity index (χ0) is 22.6. The maximum Gasteiger partial charge on any atom is 0.119 e. The second-order valence-electron chi connectivity index (χ2n) is 9.16. The highest BCUT2D eigenvalue weighted by Crippen LogP contribution is 2.39. The molecular formula is C27H33ClN2O3. The summed E-state index contributed by atoms with van der Waals surface area (Å²) in [7, 11) is 1.76. The van der Waals surface area contributed by atoms with Gasteiger partial charge in [-0.2, -0.15) is 0 Å². The van der Waals surface area contributed by atoms with E-state index in [9.17, 15) is 0 Å². The highest BCUT2D eigenvalue weighted by atomic mass is 35.5. The standard InChI is InChI=1S/C27H33ClN2O3/c1-31-22(17-30-12-14-32-15-13-30)18-33-21-9-6-19(7-10-21)23-4-2-3-5-24-25-16-20(28)8-11-26(25)29-27(23)24/h6-11,16,22-23,29H,2-5,12-15,17-18H2,1H3. The van der Waals surface area contributed by atoms with Crippen LogP contribution in [-0.2, 0) is 15.9 Å². The molecule has 5 nitrogen and oxygen atoms in total. The van der Waals surface area contributed by atoms with Gasteiger partial charge in [0.1, 0.15) is 18.5 Å². The van der Waals surface area contributed by atoms with Crippen LogP contribution in [0.15, 0.2) is 42.5 Å². The van der Waals surface area contributed by atoms with Crippen LogP contribution >= 0.6 is 11.6 Å². The summed E-state index contributed by atoms with van der Waals surface area (Å²) in [6, 6.07) is 14.8. The summed E-state index contributed by atoms with van der Waals surface area (Å²) >= 11 is 6.30. The number of benzene rings is 2. The number of aryl methyl sites for hydroxylation is 1. The molecule has 0 spiro atoms. The van der Waals surface area contributed by atoms with Crippen molar-refractivity contribution in [1.82, 2.24) is 9.88 Å². The molecule has 2 unspecified atom stereocenters. The van der Waals surface area contributed by atoms with Crippen LogP contribution in [0.4, 0.5) is 0 Å². The summed E-state index contributed by atoms with van der Waals surface area (Å²) in [4.78, 5) is 6.09. The van der Waals surface area contributed by atoms with Crippen LogP contribution in [0.25, 0.3) is 10.9 Å². The van der Waals surface area contributed by atoms with Crippen LogP contribution in [0.2, 0.25) is 5.02 Å². The zero-order valence-corrected chi connectivity index (χ0v) is 20.1. The van der Waals surface area contributed by atoms with E-state index >= 15 is 0 Å². The molecule has 1 N–H and O–H groups in total. The molecule has 1 aliphatic carbocycles. The monoisotopic (exact) mass is 468 g/mol. The molecule has 2 aliphatic rings. The molecule has 0 saturated carbocycles. The lowest BCUT2D eigenvalue weighted by Crippen LogP contribution is -2.43. The van der Waals surface area contributed by atoms with Crippen molar-refractivity contribution in [3.63, 3.8) is 0 Å². The van der Waals surface area contributed by atoms with Crippen molar-refractivity contribution < 1.29 is 14.2 Å². The van der Waals surface area contributed by atoms with E-state index in [1.54, 1.807) is 7.11 Å². The first kappa shape index (κ1) is 22.7. The molecule has 1 saturated heterocycles. The van der Waals surface area contributed by atoms with Crippen molar-refractivity contribution in [2.45, 2.75) is 37.7 Å². The fraction of sp³-hybridized carbons (Fsp3) is 0.481. The average molecular weight is 469 g/mol. The van der Waals surface area contributed by atoms with Gasteiger partial charge in [-0.15, -0.1) is 0 Å². The molecule has 5 rings (SSSR count). The number of methoxy groups -OCH3 is 1. The number of hydrogen-bond acceptors (Lipinski definition) is 4. The van der Waals surface area contributed by atoms with Gasteiger partial charge in [-0.1, -0.05) is 30.2 Å². The van der Waals surface area contributed by atoms with Gasteiger partial charge < -0.3 is 19.2 Å². The Hall–Kier alpha value is -2.05. The SMILES string of the molecule is COC(COc1ccc(C2CCCCc3c2[nH]c2ccc(Cl)cc32)cc1)CN1CCOCC1. The van der Waals surface area contributed by atoms with E-state index in [0.29, 0.717) is 12.5 Å². The molecule has 2 heterocycles. The number of fused-ring (bicyclic) bond motifs is 3. The van der Waals surface area contributed by atoms with E-state index in [2.05, 4.69) is 46.3 Å². The van der Waals surface area contributed by atoms with Crippen LogP contribution in [0, 0.1) is 0 Å². The number of H-pyrrole nitrogens is 1. The number of ether oxygens (including phenoxy) is 3. The van der Waals surface area contributed by atoms with Crippen molar-refractivity contribution in [1.29, 1.82) is 0 Å². The lowest BCUT2D eigenvalue weighted by Gasteiger charge is -2.29. The summed E-state index contributed by atoms with van der Waals surface area (Å²) in [6.45, 7) is 4.92. The van der Waals surface area contributed by atoms with Gasteiger partial charge in [0.25, 0.3) is 0 Å². The first-order chi connectivity index (χ1) is 16.2. The van der Waals surface area contributed by atoms with Crippen molar-refractivity contribution >= 4 is 22.5 Å². The number of aromatic nitrogens is 1. The molecule has 6 heteroatoms. The highest BCUT2D eigenvalue weighted by Gasteiger charge is 2.24. The van der Waals surface area contributed by atoms with Gasteiger partial charge in [0, 0.05) is 54.3 Å². The minimum absolute atomic E-state index is 0.0466. The lowest BCUT2D eigenvalue weighted by molar-refractivity contribution is -0.0107. The van der Waals surface area contributed by atoms with Gasteiger partial charge in [-0.05, 0) is 60.7 Å². The molecule has 176 valence electrons. The topological polar surface area (TPSA) is 46.7 Å². The van der Waals surface area contributed by atoms with Crippen molar-refractivity contribution in [3.05, 3.63) is 64.3 Å². The number of rotatable bonds is 7. The largest absolute Gasteiger partial charge is 0.491 e. The summed E-state index contributed by atoms with van der Waals surface area (Å²) in [5, 5.41) is 2.07. The van der Waals surface area contributed by atoms with E-state index in [1.807, 2.05) is 6.07 Å². The van der Waals surface area contributed by atoms with Crippen molar-refractivity contribution in [3.8, 4) is 5.75 Å². The van der Waals surface area contributed by atoms with Crippen LogP contribution in [0.1, 0.15) is 42.0 Å². The minimum atomic E-state index is 0.0466. The van der Waals surface area contributed by atoms with Crippen LogP contribution in [0.5, 0.6) is 5.75 Å². The third-order valence-corrected chi connectivity index (χ3v) is 7.27. The fourth-order valence-electron chi connectivity index (χ4n) is 5.19. The van der Waals surface area contributed by atoms with E-state index in [0.717, 1.165) is 56.5 Å². The number of nitrogens with zero attached hydrogens (tertiary/aromatic N) is 1. The predicted octanol–water partition coefficient (Wildman–Crippen LogP) is 5.41. The highest BCUT2D eigenvalue weighted by molar-refractivity contribution is 6.31. The number of hydrogen-bond donors (Lipinski definition) is 1. The molecule has 1 aliphatic heterocycles. The molecule has 0 amide bonds. The Labute approximate surface area is 201 Å². The van der Waals surface area contributed by atoms with Crippen LogP contribution < -0.4 is 4.74 Å². The minimum Gasteiger partial charge on any atom is -0.491 e. The van der Waals surface area contributed by atoms with Gasteiger partial charge in [-0.25, -0.2) is 0 Å². The number of halogens is 1. The summed E-state index contributed by atoms with van der Waals surface area (Å²) in [6.07, 6.45) is 4.75. The predicted molar refractivity (Wildman–Crippen MR) is 133 cm³/mol. The molecule has 3 aromatic rings.